The molecule has 0 bridgehead atoms. The van der Waals surface area contributed by atoms with Crippen molar-refractivity contribution in [3.63, 3.8) is 0 Å². The number of amides is 4. The van der Waals surface area contributed by atoms with Crippen LogP contribution < -0.4 is 20.1 Å². The summed E-state index contributed by atoms with van der Waals surface area (Å²) >= 11 is 0. The highest BCUT2D eigenvalue weighted by atomic mass is 32.2. The average Bonchev–Trinajstić information content (AvgIpc) is 4.07. The van der Waals surface area contributed by atoms with E-state index in [2.05, 4.69) is 17.6 Å². The smallest absolute Gasteiger partial charge is 0.408 e. The van der Waals surface area contributed by atoms with Gasteiger partial charge in [0, 0.05) is 19.0 Å². The molecule has 17 heteroatoms. The fourth-order valence-electron chi connectivity index (χ4n) is 9.19. The number of hydrogen-bond acceptors (Lipinski definition) is 10. The molecule has 2 heterocycles. The van der Waals surface area contributed by atoms with Crippen molar-refractivity contribution in [1.29, 1.82) is 0 Å². The number of nitrogens with one attached hydrogen (secondary N) is 3. The van der Waals surface area contributed by atoms with Gasteiger partial charge in [-0.3, -0.25) is 19.1 Å². The second kappa shape index (κ2) is 18.1. The predicted octanol–water partition coefficient (Wildman–Crippen LogP) is 5.98. The maximum atomic E-state index is 14.4. The number of carbonyl (C=O) groups excluding carboxylic acids is 4. The lowest BCUT2D eigenvalue weighted by molar-refractivity contribution is -0.143. The Kier molecular flexibility index (Phi) is 13.7. The molecule has 3 saturated carbocycles. The summed E-state index contributed by atoms with van der Waals surface area (Å²) in [5, 5.41) is 4.71. The highest BCUT2D eigenvalue weighted by Crippen LogP contribution is 2.48. The number of unbranched alkanes of at least 4 members (excludes halogenated alkanes) is 2. The van der Waals surface area contributed by atoms with Gasteiger partial charge < -0.3 is 25.0 Å². The number of alkyl halides is 2. The van der Waals surface area contributed by atoms with Gasteiger partial charge in [-0.05, 0) is 106 Å². The number of fused-ring (bicyclic) bond motifs is 1. The Morgan fingerprint density at radius 3 is 2.42 bits per heavy atom. The van der Waals surface area contributed by atoms with E-state index in [1.807, 2.05) is 29.8 Å². The SMILES string of the molecule is COc1ccc2nc(CCCCC[C@@H]3C[C@@H](C)C[C@H]3OC(=O)N[C@H](C(=O)N3CC[C@@H](C)[C@H]3C(=O)N[C@]3(C(=O)NS(=O)(=O)C4CC4)C[C@H]3CC(F)F)C(C)(C)C)c(C)nc2c1. The highest BCUT2D eigenvalue weighted by molar-refractivity contribution is 7.91. The monoisotopic (exact) mass is 860 g/mol. The van der Waals surface area contributed by atoms with Crippen LogP contribution in [0.5, 0.6) is 5.75 Å². The molecule has 14 nitrogen and oxygen atoms in total. The standard InChI is InChI=1S/C43H62F2N6O8S/c1-24-19-27(11-9-8-10-12-31-26(3)46-33-22-29(58-7)13-16-32(33)47-31)34(20-24)59-41(55)48-37(42(4,5)6)39(53)51-18-17-25(2)36(51)38(52)49-43(23-28(43)21-35(44)45)40(54)50-60(56,57)30-14-15-30/h13,16,22,24-25,27-28,30,34-37H,8-12,14-15,17-21,23H2,1-7H3,(H,48,55)(H,49,52)(H,50,54)/t24-,25-,27-,28-,34-,36+,37-,43-/m1/s1. The summed E-state index contributed by atoms with van der Waals surface area (Å²) in [6.45, 7) is 11.5. The first-order chi connectivity index (χ1) is 28.2. The zero-order chi connectivity index (χ0) is 43.7. The van der Waals surface area contributed by atoms with Crippen molar-refractivity contribution in [1.82, 2.24) is 30.2 Å². The van der Waals surface area contributed by atoms with Crippen LogP contribution in [-0.2, 0) is 35.6 Å². The Bertz CT molecular complexity index is 2040. The van der Waals surface area contributed by atoms with Crippen LogP contribution in [0.3, 0.4) is 0 Å². The van der Waals surface area contributed by atoms with E-state index < -0.39 is 80.9 Å². The number of methoxy groups -OCH3 is 1. The molecule has 0 spiro atoms. The van der Waals surface area contributed by atoms with Gasteiger partial charge >= 0.3 is 6.09 Å². The first-order valence-corrected chi connectivity index (χ1v) is 23.0. The van der Waals surface area contributed by atoms with Gasteiger partial charge in [0.15, 0.2) is 0 Å². The third-order valence-electron chi connectivity index (χ3n) is 12.9. The Labute approximate surface area is 352 Å². The summed E-state index contributed by atoms with van der Waals surface area (Å²) in [6, 6.07) is 3.52. The van der Waals surface area contributed by atoms with Gasteiger partial charge in [-0.1, -0.05) is 47.5 Å². The number of benzene rings is 1. The van der Waals surface area contributed by atoms with Crippen molar-refractivity contribution in [3.8, 4) is 5.75 Å². The summed E-state index contributed by atoms with van der Waals surface area (Å²) in [6.07, 6.45) is 2.76. The number of ether oxygens (including phenoxy) is 2. The number of aromatic nitrogens is 2. The van der Waals surface area contributed by atoms with Gasteiger partial charge in [0.25, 0.3) is 5.91 Å². The van der Waals surface area contributed by atoms with Crippen molar-refractivity contribution < 1.29 is 45.9 Å². The van der Waals surface area contributed by atoms with E-state index in [4.69, 9.17) is 19.4 Å². The lowest BCUT2D eigenvalue weighted by atomic mass is 9.85. The van der Waals surface area contributed by atoms with Crippen LogP contribution >= 0.6 is 0 Å². The molecular weight excluding hydrogens is 799 g/mol. The lowest BCUT2D eigenvalue weighted by Gasteiger charge is -2.36. The first-order valence-electron chi connectivity index (χ1n) is 21.5. The maximum Gasteiger partial charge on any atom is 0.408 e. The molecule has 3 N–H and O–H groups in total. The molecule has 60 heavy (non-hydrogen) atoms. The topological polar surface area (TPSA) is 186 Å². The van der Waals surface area contributed by atoms with Crippen LogP contribution in [0, 0.1) is 36.0 Å². The molecule has 4 amide bonds. The van der Waals surface area contributed by atoms with Crippen LogP contribution in [0.4, 0.5) is 13.6 Å². The minimum Gasteiger partial charge on any atom is -0.497 e. The van der Waals surface area contributed by atoms with E-state index in [1.54, 1.807) is 34.8 Å². The molecule has 4 fully saturated rings. The van der Waals surface area contributed by atoms with Crippen molar-refractivity contribution >= 4 is 44.9 Å². The van der Waals surface area contributed by atoms with Crippen molar-refractivity contribution in [2.75, 3.05) is 13.7 Å². The molecule has 1 aromatic carbocycles. The van der Waals surface area contributed by atoms with Gasteiger partial charge in [-0.15, -0.1) is 0 Å². The zero-order valence-electron chi connectivity index (χ0n) is 35.9. The van der Waals surface area contributed by atoms with E-state index in [1.165, 1.54) is 4.90 Å². The zero-order valence-corrected chi connectivity index (χ0v) is 36.7. The number of carbonyl (C=O) groups is 4. The van der Waals surface area contributed by atoms with Gasteiger partial charge in [-0.2, -0.15) is 0 Å². The van der Waals surface area contributed by atoms with Crippen molar-refractivity contribution in [2.45, 2.75) is 154 Å². The van der Waals surface area contributed by atoms with Crippen LogP contribution in [0.1, 0.15) is 117 Å². The molecule has 1 aliphatic heterocycles. The largest absolute Gasteiger partial charge is 0.497 e. The van der Waals surface area contributed by atoms with Gasteiger partial charge in [-0.25, -0.2) is 32.0 Å². The van der Waals surface area contributed by atoms with Crippen LogP contribution in [0.15, 0.2) is 18.2 Å². The molecule has 2 aromatic rings. The molecule has 8 atom stereocenters. The Balaban J connectivity index is 1.04. The minimum absolute atomic E-state index is 0.153. The molecule has 0 unspecified atom stereocenters. The molecular formula is C43H62F2N6O8S. The van der Waals surface area contributed by atoms with E-state index in [-0.39, 0.29) is 30.9 Å². The van der Waals surface area contributed by atoms with E-state index in [9.17, 15) is 36.4 Å². The fraction of sp³-hybridized carbons (Fsp3) is 0.721. The second-order valence-corrected chi connectivity index (χ2v) is 20.8. The third kappa shape index (κ3) is 10.5. The summed E-state index contributed by atoms with van der Waals surface area (Å²) in [5.74, 6) is -2.37. The predicted molar refractivity (Wildman–Crippen MR) is 221 cm³/mol. The molecule has 6 rings (SSSR count). The molecule has 4 aliphatic rings. The van der Waals surface area contributed by atoms with Gasteiger partial charge in [0.05, 0.1) is 34.8 Å². The number of sulfonamides is 1. The quantitative estimate of drug-likeness (QED) is 0.160. The maximum absolute atomic E-state index is 14.4. The summed E-state index contributed by atoms with van der Waals surface area (Å²) in [5.41, 5.74) is 0.876. The number of hydrogen-bond donors (Lipinski definition) is 3. The molecule has 3 aliphatic carbocycles. The molecule has 1 saturated heterocycles. The number of halogens is 2. The van der Waals surface area contributed by atoms with E-state index in [0.29, 0.717) is 31.6 Å². The number of likely N-dealkylation sites (tertiary alicyclic amines) is 1. The normalized spacial score (nSPS) is 27.1. The first kappa shape index (κ1) is 45.4. The van der Waals surface area contributed by atoms with Crippen LogP contribution in [0.25, 0.3) is 11.0 Å². The molecule has 0 radical (unpaired) electrons. The summed E-state index contributed by atoms with van der Waals surface area (Å²) in [7, 11) is -2.39. The average molecular weight is 861 g/mol. The summed E-state index contributed by atoms with van der Waals surface area (Å²) < 4.78 is 65.6. The van der Waals surface area contributed by atoms with Gasteiger partial charge in [0.1, 0.15) is 29.5 Å². The second-order valence-electron chi connectivity index (χ2n) is 18.8. The lowest BCUT2D eigenvalue weighted by Crippen LogP contribution is -2.61. The Hall–Kier alpha value is -4.15. The number of aryl methyl sites for hydroxylation is 2. The minimum atomic E-state index is -4.01. The van der Waals surface area contributed by atoms with Gasteiger partial charge in [0.2, 0.25) is 28.3 Å². The fourth-order valence-corrected chi connectivity index (χ4v) is 10.6. The summed E-state index contributed by atoms with van der Waals surface area (Å²) in [4.78, 5) is 66.3. The van der Waals surface area contributed by atoms with Crippen LogP contribution in [-0.4, -0.2) is 96.2 Å². The number of nitrogens with zero attached hydrogens (tertiary/aromatic N) is 3. The highest BCUT2D eigenvalue weighted by Gasteiger charge is 2.63. The van der Waals surface area contributed by atoms with Crippen molar-refractivity contribution in [3.05, 3.63) is 29.6 Å². The third-order valence-corrected chi connectivity index (χ3v) is 14.7. The Morgan fingerprint density at radius 1 is 1.02 bits per heavy atom. The molecule has 332 valence electrons. The Morgan fingerprint density at radius 2 is 1.75 bits per heavy atom. The molecule has 1 aromatic heterocycles. The number of rotatable bonds is 17. The van der Waals surface area contributed by atoms with E-state index in [0.717, 1.165) is 66.7 Å². The number of alkyl carbamates (subject to hydrolysis) is 1. The van der Waals surface area contributed by atoms with E-state index >= 15 is 0 Å². The van der Waals surface area contributed by atoms with Crippen molar-refractivity contribution in [2.24, 2.45) is 29.1 Å². The van der Waals surface area contributed by atoms with Crippen LogP contribution in [0.2, 0.25) is 0 Å².